The number of rotatable bonds is 0. The fourth-order valence-electron chi connectivity index (χ4n) is 0.0970. The van der Waals surface area contributed by atoms with E-state index in [4.69, 9.17) is 0 Å². The molecule has 3 heteroatoms. The number of carbonyl (C=O) groups excluding carboxylic acids is 1. The lowest BCUT2D eigenvalue weighted by molar-refractivity contribution is -0.103. The van der Waals surface area contributed by atoms with E-state index >= 15 is 0 Å². The maximum atomic E-state index is 10.9. The molecule has 0 unspecified atom stereocenters. The summed E-state index contributed by atoms with van der Waals surface area (Å²) in [5, 5.41) is 0. The van der Waals surface area contributed by atoms with E-state index in [1.165, 1.54) is 5.92 Å². The largest absolute Gasteiger partial charge is 0.299 e. The maximum Gasteiger partial charge on any atom is 0.299 e. The molecule has 0 rings (SSSR count). The van der Waals surface area contributed by atoms with Crippen molar-refractivity contribution in [2.45, 2.75) is 6.43 Å². The van der Waals surface area contributed by atoms with E-state index in [1.807, 2.05) is 0 Å². The summed E-state index contributed by atoms with van der Waals surface area (Å²) in [7, 11) is 0. The Hall–Kier alpha value is -0.910. The van der Waals surface area contributed by atoms with Crippen LogP contribution in [0.5, 0.6) is 0 Å². The average molecular weight is 104 g/mol. The molecule has 0 aliphatic rings. The summed E-state index contributed by atoms with van der Waals surface area (Å²) >= 11 is 0. The van der Waals surface area contributed by atoms with Crippen LogP contribution in [0.25, 0.3) is 0 Å². The Kier molecular flexibility index (Phi) is 2.86. The van der Waals surface area contributed by atoms with Gasteiger partial charge in [0.1, 0.15) is 0 Å². The van der Waals surface area contributed by atoms with Gasteiger partial charge < -0.3 is 0 Å². The Labute approximate surface area is 39.3 Å². The number of hydrogen-bond donors (Lipinski definition) is 0. The highest BCUT2D eigenvalue weighted by Gasteiger charge is 1.88. The molecule has 0 aliphatic heterocycles. The quantitative estimate of drug-likeness (QED) is 0.322. The van der Waals surface area contributed by atoms with Crippen LogP contribution in [0, 0.1) is 11.8 Å². The van der Waals surface area contributed by atoms with Gasteiger partial charge in [0.15, 0.2) is 6.29 Å². The summed E-state index contributed by atoms with van der Waals surface area (Å²) in [5.41, 5.74) is 0. The van der Waals surface area contributed by atoms with Crippen LogP contribution in [-0.4, -0.2) is 12.7 Å². The van der Waals surface area contributed by atoms with Gasteiger partial charge in [-0.1, -0.05) is 0 Å². The Bertz CT molecular complexity index is 109. The van der Waals surface area contributed by atoms with Crippen molar-refractivity contribution in [3.63, 3.8) is 0 Å². The van der Waals surface area contributed by atoms with Crippen molar-refractivity contribution in [1.82, 2.24) is 0 Å². The van der Waals surface area contributed by atoms with Crippen LogP contribution >= 0.6 is 0 Å². The Morgan fingerprint density at radius 3 is 2.29 bits per heavy atom. The molecule has 0 aliphatic carbocycles. The zero-order chi connectivity index (χ0) is 5.70. The van der Waals surface area contributed by atoms with Crippen LogP contribution < -0.4 is 0 Å². The molecule has 0 amide bonds. The first-order valence-corrected chi connectivity index (χ1v) is 1.50. The third kappa shape index (κ3) is 5.09. The number of carbonyl (C=O) groups is 1. The second-order valence-electron chi connectivity index (χ2n) is 0.707. The maximum absolute atomic E-state index is 10.9. The van der Waals surface area contributed by atoms with E-state index in [0.29, 0.717) is 0 Å². The highest BCUT2D eigenvalue weighted by molar-refractivity contribution is 5.72. The third-order valence-electron chi connectivity index (χ3n) is 0.251. The number of alkyl halides is 2. The average Bonchev–Trinajstić information content (AvgIpc) is 1.61. The van der Waals surface area contributed by atoms with Crippen LogP contribution in [0.15, 0.2) is 0 Å². The van der Waals surface area contributed by atoms with Crippen molar-refractivity contribution in [3.05, 3.63) is 0 Å². The minimum atomic E-state index is -2.69. The van der Waals surface area contributed by atoms with Gasteiger partial charge in [-0.05, 0) is 11.8 Å². The molecule has 0 saturated carbocycles. The van der Waals surface area contributed by atoms with Gasteiger partial charge in [0.25, 0.3) is 6.43 Å². The molecule has 0 saturated heterocycles. The number of aldehydes is 1. The molecular weight excluding hydrogens is 102 g/mol. The molecule has 0 aromatic rings. The molecule has 0 spiro atoms. The van der Waals surface area contributed by atoms with Crippen molar-refractivity contribution >= 4 is 6.29 Å². The Morgan fingerprint density at radius 2 is 2.14 bits per heavy atom. The number of halogens is 2. The fourth-order valence-corrected chi connectivity index (χ4v) is 0.0970. The van der Waals surface area contributed by atoms with E-state index in [0.717, 1.165) is 0 Å². The molecule has 0 aromatic heterocycles. The van der Waals surface area contributed by atoms with E-state index < -0.39 is 6.43 Å². The summed E-state index contributed by atoms with van der Waals surface area (Å²) in [5.74, 6) is 2.91. The predicted molar refractivity (Wildman–Crippen MR) is 19.8 cm³/mol. The summed E-state index contributed by atoms with van der Waals surface area (Å²) in [4.78, 5) is 9.20. The smallest absolute Gasteiger partial charge is 0.289 e. The SMILES string of the molecule is O=CC#CC(F)F. The zero-order valence-corrected chi connectivity index (χ0v) is 3.32. The van der Waals surface area contributed by atoms with Crippen molar-refractivity contribution in [2.24, 2.45) is 0 Å². The molecule has 0 atom stereocenters. The summed E-state index contributed by atoms with van der Waals surface area (Å²) in [6, 6.07) is 0. The van der Waals surface area contributed by atoms with Gasteiger partial charge >= 0.3 is 0 Å². The van der Waals surface area contributed by atoms with Crippen LogP contribution in [0.1, 0.15) is 0 Å². The topological polar surface area (TPSA) is 17.1 Å². The highest BCUT2D eigenvalue weighted by atomic mass is 19.3. The zero-order valence-electron chi connectivity index (χ0n) is 3.32. The minimum Gasteiger partial charge on any atom is -0.289 e. The van der Waals surface area contributed by atoms with Crippen molar-refractivity contribution in [1.29, 1.82) is 0 Å². The van der Waals surface area contributed by atoms with Crippen LogP contribution in [-0.2, 0) is 4.79 Å². The lowest BCUT2D eigenvalue weighted by Gasteiger charge is -1.73. The van der Waals surface area contributed by atoms with Gasteiger partial charge in [0, 0.05) is 0 Å². The van der Waals surface area contributed by atoms with Crippen LogP contribution in [0.2, 0.25) is 0 Å². The van der Waals surface area contributed by atoms with Crippen molar-refractivity contribution in [3.8, 4) is 11.8 Å². The molecule has 0 fully saturated rings. The first kappa shape index (κ1) is 6.09. The van der Waals surface area contributed by atoms with Crippen molar-refractivity contribution in [2.75, 3.05) is 0 Å². The van der Waals surface area contributed by atoms with Gasteiger partial charge in [0.2, 0.25) is 0 Å². The molecule has 1 nitrogen and oxygen atoms in total. The van der Waals surface area contributed by atoms with E-state index in [2.05, 4.69) is 0 Å². The van der Waals surface area contributed by atoms with Gasteiger partial charge in [-0.25, -0.2) is 0 Å². The van der Waals surface area contributed by atoms with Gasteiger partial charge in [-0.2, -0.15) is 8.78 Å². The summed E-state index contributed by atoms with van der Waals surface area (Å²) in [6.45, 7) is 0. The van der Waals surface area contributed by atoms with Gasteiger partial charge in [0.05, 0.1) is 0 Å². The molecule has 0 radical (unpaired) electrons. The predicted octanol–water partition coefficient (Wildman–Crippen LogP) is 0.454. The molecule has 0 aromatic carbocycles. The monoisotopic (exact) mass is 104 g/mol. The van der Waals surface area contributed by atoms with Crippen molar-refractivity contribution < 1.29 is 13.6 Å². The summed E-state index contributed by atoms with van der Waals surface area (Å²) < 4.78 is 21.8. The second kappa shape index (κ2) is 3.29. The molecule has 0 N–H and O–H groups in total. The second-order valence-corrected chi connectivity index (χ2v) is 0.707. The normalized spacial score (nSPS) is 7.29. The molecule has 0 bridgehead atoms. The molecule has 38 valence electrons. The lowest BCUT2D eigenvalue weighted by Crippen LogP contribution is -1.79. The fraction of sp³-hybridized carbons (Fsp3) is 0.250. The first-order chi connectivity index (χ1) is 3.27. The third-order valence-corrected chi connectivity index (χ3v) is 0.251. The molecular formula is C4H2F2O. The molecule has 0 heterocycles. The lowest BCUT2D eigenvalue weighted by atomic mass is 10.6. The van der Waals surface area contributed by atoms with Gasteiger partial charge in [-0.3, -0.25) is 4.79 Å². The van der Waals surface area contributed by atoms with Crippen LogP contribution in [0.3, 0.4) is 0 Å². The number of hydrogen-bond acceptors (Lipinski definition) is 1. The van der Waals surface area contributed by atoms with Crippen LogP contribution in [0.4, 0.5) is 8.78 Å². The molecule has 7 heavy (non-hydrogen) atoms. The first-order valence-electron chi connectivity index (χ1n) is 1.50. The summed E-state index contributed by atoms with van der Waals surface area (Å²) in [6.07, 6.45) is -2.56. The minimum absolute atomic E-state index is 0.131. The van der Waals surface area contributed by atoms with E-state index in [1.54, 1.807) is 5.92 Å². The Balaban J connectivity index is 3.43. The Morgan fingerprint density at radius 1 is 1.57 bits per heavy atom. The van der Waals surface area contributed by atoms with E-state index in [-0.39, 0.29) is 6.29 Å². The standard InChI is InChI=1S/C4H2F2O/c5-4(6)2-1-3-7/h3-4H. The highest BCUT2D eigenvalue weighted by Crippen LogP contribution is 1.84. The van der Waals surface area contributed by atoms with Gasteiger partial charge in [-0.15, -0.1) is 0 Å². The van der Waals surface area contributed by atoms with E-state index in [9.17, 15) is 13.6 Å².